The van der Waals surface area contributed by atoms with Crippen LogP contribution >= 0.6 is 11.6 Å². The number of nitrogens with zero attached hydrogens (tertiary/aromatic N) is 2. The molecule has 138 valence electrons. The van der Waals surface area contributed by atoms with E-state index in [1.165, 1.54) is 0 Å². The van der Waals surface area contributed by atoms with Gasteiger partial charge in [-0.25, -0.2) is 5.01 Å². The molecule has 5 nitrogen and oxygen atoms in total. The van der Waals surface area contributed by atoms with Gasteiger partial charge in [-0.2, -0.15) is 5.01 Å². The summed E-state index contributed by atoms with van der Waals surface area (Å²) >= 11 is 6.20. The van der Waals surface area contributed by atoms with Gasteiger partial charge in [-0.1, -0.05) is 66.2 Å². The summed E-state index contributed by atoms with van der Waals surface area (Å²) in [4.78, 5) is 39.2. The van der Waals surface area contributed by atoms with E-state index < -0.39 is 17.7 Å². The van der Waals surface area contributed by atoms with E-state index in [4.69, 9.17) is 11.6 Å². The summed E-state index contributed by atoms with van der Waals surface area (Å²) in [6.07, 6.45) is 0. The van der Waals surface area contributed by atoms with Crippen molar-refractivity contribution in [2.75, 3.05) is 0 Å². The van der Waals surface area contributed by atoms with Gasteiger partial charge in [0, 0.05) is 0 Å². The number of amides is 3. The minimum atomic E-state index is -0.531. The van der Waals surface area contributed by atoms with E-state index in [0.717, 1.165) is 15.6 Å². The number of rotatable bonds is 4. The molecular formula is C22H15ClN2O3. The summed E-state index contributed by atoms with van der Waals surface area (Å²) in [6.45, 7) is 0.0519. The lowest BCUT2D eigenvalue weighted by Gasteiger charge is -2.30. The number of carbonyl (C=O) groups is 3. The van der Waals surface area contributed by atoms with Gasteiger partial charge in [-0.15, -0.1) is 0 Å². The third-order valence-electron chi connectivity index (χ3n) is 4.53. The fraction of sp³-hybridized carbons (Fsp3) is 0.0455. The molecule has 0 saturated heterocycles. The number of fused-ring (bicyclic) bond motifs is 1. The first-order valence-corrected chi connectivity index (χ1v) is 9.04. The molecule has 0 bridgehead atoms. The number of imide groups is 1. The first-order valence-electron chi connectivity index (χ1n) is 8.66. The molecule has 3 amide bonds. The maximum atomic E-state index is 13.3. The van der Waals surface area contributed by atoms with Crippen LogP contribution in [0.3, 0.4) is 0 Å². The second-order valence-corrected chi connectivity index (χ2v) is 6.70. The van der Waals surface area contributed by atoms with Gasteiger partial charge >= 0.3 is 0 Å². The van der Waals surface area contributed by atoms with Crippen molar-refractivity contribution in [3.05, 3.63) is 106 Å². The van der Waals surface area contributed by atoms with Crippen LogP contribution in [0.25, 0.3) is 0 Å². The highest BCUT2D eigenvalue weighted by molar-refractivity contribution is 6.34. The molecule has 0 atom stereocenters. The average molecular weight is 391 g/mol. The molecule has 0 aliphatic carbocycles. The predicted octanol–water partition coefficient (Wildman–Crippen LogP) is 4.19. The summed E-state index contributed by atoms with van der Waals surface area (Å²) < 4.78 is 0. The highest BCUT2D eigenvalue weighted by Gasteiger charge is 2.41. The Morgan fingerprint density at radius 3 is 1.93 bits per heavy atom. The fourth-order valence-corrected chi connectivity index (χ4v) is 3.38. The van der Waals surface area contributed by atoms with Crippen molar-refractivity contribution in [1.29, 1.82) is 0 Å². The topological polar surface area (TPSA) is 57.7 Å². The number of benzene rings is 3. The zero-order chi connectivity index (χ0) is 19.7. The van der Waals surface area contributed by atoms with Gasteiger partial charge in [0.25, 0.3) is 17.7 Å². The molecule has 0 N–H and O–H groups in total. The third kappa shape index (κ3) is 3.06. The van der Waals surface area contributed by atoms with Crippen LogP contribution in [0.15, 0.2) is 78.9 Å². The first kappa shape index (κ1) is 17.9. The van der Waals surface area contributed by atoms with Crippen molar-refractivity contribution >= 4 is 29.3 Å². The second-order valence-electron chi connectivity index (χ2n) is 6.30. The SMILES string of the molecule is O=C(c1ccccc1Cl)N(Cc1ccccc1)N1C(=O)c2ccccc2C1=O. The van der Waals surface area contributed by atoms with Crippen LogP contribution in [-0.2, 0) is 6.54 Å². The Bertz CT molecular complexity index is 1050. The van der Waals surface area contributed by atoms with Crippen LogP contribution in [0, 0.1) is 0 Å². The van der Waals surface area contributed by atoms with Crippen molar-refractivity contribution in [2.45, 2.75) is 6.54 Å². The highest BCUT2D eigenvalue weighted by Crippen LogP contribution is 2.27. The zero-order valence-electron chi connectivity index (χ0n) is 14.7. The van der Waals surface area contributed by atoms with Gasteiger partial charge in [0.1, 0.15) is 0 Å². The summed E-state index contributed by atoms with van der Waals surface area (Å²) in [5, 5.41) is 2.31. The van der Waals surface area contributed by atoms with Gasteiger partial charge in [-0.05, 0) is 29.8 Å². The maximum absolute atomic E-state index is 13.3. The summed E-state index contributed by atoms with van der Waals surface area (Å²) in [5.74, 6) is -1.59. The molecule has 0 saturated carbocycles. The van der Waals surface area contributed by atoms with Crippen LogP contribution in [0.4, 0.5) is 0 Å². The third-order valence-corrected chi connectivity index (χ3v) is 4.86. The Morgan fingerprint density at radius 2 is 1.32 bits per heavy atom. The minimum absolute atomic E-state index is 0.0519. The zero-order valence-corrected chi connectivity index (χ0v) is 15.5. The first-order chi connectivity index (χ1) is 13.6. The molecule has 0 aromatic heterocycles. The normalized spacial score (nSPS) is 12.8. The standard InChI is InChI=1S/C22H15ClN2O3/c23-19-13-7-6-12-18(19)20(26)24(14-15-8-2-1-3-9-15)25-21(27)16-10-4-5-11-17(16)22(25)28/h1-13H,14H2. The molecule has 6 heteroatoms. The Hall–Kier alpha value is -3.44. The molecule has 4 rings (SSSR count). The van der Waals surface area contributed by atoms with Crippen molar-refractivity contribution < 1.29 is 14.4 Å². The van der Waals surface area contributed by atoms with E-state index in [2.05, 4.69) is 0 Å². The quantitative estimate of drug-likeness (QED) is 0.627. The van der Waals surface area contributed by atoms with E-state index in [-0.39, 0.29) is 28.3 Å². The number of hydrogen-bond acceptors (Lipinski definition) is 3. The number of carbonyl (C=O) groups excluding carboxylic acids is 3. The molecular weight excluding hydrogens is 376 g/mol. The lowest BCUT2D eigenvalue weighted by Crippen LogP contribution is -2.49. The largest absolute Gasteiger partial charge is 0.280 e. The van der Waals surface area contributed by atoms with E-state index in [0.29, 0.717) is 0 Å². The lowest BCUT2D eigenvalue weighted by molar-refractivity contribution is 0.000877. The van der Waals surface area contributed by atoms with Gasteiger partial charge in [0.2, 0.25) is 0 Å². The van der Waals surface area contributed by atoms with Crippen molar-refractivity contribution in [2.24, 2.45) is 0 Å². The Morgan fingerprint density at radius 1 is 0.786 bits per heavy atom. The van der Waals surface area contributed by atoms with Crippen LogP contribution in [-0.4, -0.2) is 27.7 Å². The van der Waals surface area contributed by atoms with Crippen molar-refractivity contribution in [3.8, 4) is 0 Å². The number of halogens is 1. The average Bonchev–Trinajstić information content (AvgIpc) is 2.98. The summed E-state index contributed by atoms with van der Waals surface area (Å²) in [6, 6.07) is 22.2. The van der Waals surface area contributed by atoms with Crippen LogP contribution < -0.4 is 0 Å². The van der Waals surface area contributed by atoms with Crippen molar-refractivity contribution in [1.82, 2.24) is 10.0 Å². The Labute approximate surface area is 166 Å². The molecule has 0 fully saturated rings. The minimum Gasteiger partial charge on any atom is -0.267 e. The molecule has 1 aliphatic heterocycles. The second kappa shape index (κ2) is 7.29. The molecule has 0 unspecified atom stereocenters. The fourth-order valence-electron chi connectivity index (χ4n) is 3.16. The molecule has 0 spiro atoms. The predicted molar refractivity (Wildman–Crippen MR) is 105 cm³/mol. The highest BCUT2D eigenvalue weighted by atomic mass is 35.5. The number of hydrogen-bond donors (Lipinski definition) is 0. The van der Waals surface area contributed by atoms with E-state index in [1.807, 2.05) is 30.3 Å². The monoisotopic (exact) mass is 390 g/mol. The lowest BCUT2D eigenvalue weighted by atomic mass is 10.1. The molecule has 3 aromatic carbocycles. The van der Waals surface area contributed by atoms with Gasteiger partial charge in [-0.3, -0.25) is 14.4 Å². The van der Waals surface area contributed by atoms with E-state index in [1.54, 1.807) is 48.5 Å². The molecule has 28 heavy (non-hydrogen) atoms. The van der Waals surface area contributed by atoms with E-state index >= 15 is 0 Å². The van der Waals surface area contributed by atoms with Crippen LogP contribution in [0.2, 0.25) is 5.02 Å². The Kier molecular flexibility index (Phi) is 4.67. The van der Waals surface area contributed by atoms with Gasteiger partial charge in [0.15, 0.2) is 0 Å². The van der Waals surface area contributed by atoms with Crippen LogP contribution in [0.5, 0.6) is 0 Å². The number of hydrazine groups is 1. The van der Waals surface area contributed by atoms with E-state index in [9.17, 15) is 14.4 Å². The van der Waals surface area contributed by atoms with Gasteiger partial charge in [0.05, 0.1) is 28.3 Å². The van der Waals surface area contributed by atoms with Gasteiger partial charge < -0.3 is 0 Å². The molecule has 0 radical (unpaired) electrons. The van der Waals surface area contributed by atoms with Crippen molar-refractivity contribution in [3.63, 3.8) is 0 Å². The summed E-state index contributed by atoms with van der Waals surface area (Å²) in [5.41, 5.74) is 1.55. The molecule has 1 aliphatic rings. The smallest absolute Gasteiger partial charge is 0.267 e. The maximum Gasteiger partial charge on any atom is 0.280 e. The summed E-state index contributed by atoms with van der Waals surface area (Å²) in [7, 11) is 0. The van der Waals surface area contributed by atoms with Crippen LogP contribution in [0.1, 0.15) is 36.6 Å². The molecule has 3 aromatic rings. The molecule has 1 heterocycles. The Balaban J connectivity index is 1.78.